The van der Waals surface area contributed by atoms with Gasteiger partial charge in [0, 0.05) is 18.8 Å². The lowest BCUT2D eigenvalue weighted by atomic mass is 9.95. The molecule has 98 valence electrons. The van der Waals surface area contributed by atoms with Gasteiger partial charge in [-0.05, 0) is 38.2 Å². The highest BCUT2D eigenvalue weighted by molar-refractivity contribution is 5.95. The van der Waals surface area contributed by atoms with E-state index >= 15 is 0 Å². The third-order valence-corrected chi connectivity index (χ3v) is 3.68. The third-order valence-electron chi connectivity index (χ3n) is 3.68. The Morgan fingerprint density at radius 2 is 2.28 bits per heavy atom. The van der Waals surface area contributed by atoms with Crippen LogP contribution in [0.4, 0.5) is 0 Å². The summed E-state index contributed by atoms with van der Waals surface area (Å²) in [6.07, 6.45) is 3.67. The molecule has 0 bridgehead atoms. The van der Waals surface area contributed by atoms with Gasteiger partial charge < -0.3 is 16.0 Å². The van der Waals surface area contributed by atoms with Crippen molar-refractivity contribution in [3.63, 3.8) is 0 Å². The molecule has 0 radical (unpaired) electrons. The number of hydrogen-bond donors (Lipinski definition) is 3. The lowest BCUT2D eigenvalue weighted by Gasteiger charge is -2.29. The van der Waals surface area contributed by atoms with Gasteiger partial charge in [0.25, 0.3) is 5.91 Å². The molecule has 1 aliphatic carbocycles. The minimum absolute atomic E-state index is 0.177. The fraction of sp³-hybridized carbons (Fsp3) is 0.538. The first-order chi connectivity index (χ1) is 8.46. The molecule has 1 fully saturated rings. The number of nitrogens with two attached hydrogens (primary N) is 1. The monoisotopic (exact) mass is 249 g/mol. The third kappa shape index (κ3) is 2.46. The average molecular weight is 249 g/mol. The molecule has 1 unspecified atom stereocenters. The number of amides is 1. The van der Waals surface area contributed by atoms with Crippen LogP contribution in [-0.2, 0) is 0 Å². The van der Waals surface area contributed by atoms with Crippen LogP contribution in [0.1, 0.15) is 35.7 Å². The first-order valence-corrected chi connectivity index (χ1v) is 6.18. The summed E-state index contributed by atoms with van der Waals surface area (Å²) in [5.41, 5.74) is 6.38. The fourth-order valence-corrected chi connectivity index (χ4v) is 2.18. The Morgan fingerprint density at radius 3 is 2.78 bits per heavy atom. The molecular formula is C13H19N3O2. The highest BCUT2D eigenvalue weighted by atomic mass is 16.2. The highest BCUT2D eigenvalue weighted by Crippen LogP contribution is 2.39. The van der Waals surface area contributed by atoms with Crippen LogP contribution in [0.15, 0.2) is 17.1 Å². The van der Waals surface area contributed by atoms with Crippen molar-refractivity contribution in [1.82, 2.24) is 10.3 Å². The van der Waals surface area contributed by atoms with Gasteiger partial charge in [-0.2, -0.15) is 0 Å². The zero-order valence-corrected chi connectivity index (χ0v) is 10.7. The van der Waals surface area contributed by atoms with Gasteiger partial charge >= 0.3 is 0 Å². The topological polar surface area (TPSA) is 88.0 Å². The van der Waals surface area contributed by atoms with Crippen LogP contribution in [0, 0.1) is 12.8 Å². The Kier molecular flexibility index (Phi) is 3.26. The highest BCUT2D eigenvalue weighted by Gasteiger charge is 2.41. The molecule has 0 saturated heterocycles. The van der Waals surface area contributed by atoms with Gasteiger partial charge in [-0.1, -0.05) is 0 Å². The SMILES string of the molecule is Cc1cc(=O)[nH]cc1C(=O)NC(C)(CN)C1CC1. The smallest absolute Gasteiger partial charge is 0.253 e. The Balaban J connectivity index is 2.18. The molecule has 1 aromatic rings. The molecule has 18 heavy (non-hydrogen) atoms. The van der Waals surface area contributed by atoms with Crippen molar-refractivity contribution in [3.05, 3.63) is 33.7 Å². The molecule has 4 N–H and O–H groups in total. The Morgan fingerprint density at radius 1 is 1.61 bits per heavy atom. The Bertz CT molecular complexity index is 519. The van der Waals surface area contributed by atoms with E-state index in [0.717, 1.165) is 12.8 Å². The Labute approximate surface area is 106 Å². The molecule has 1 heterocycles. The van der Waals surface area contributed by atoms with Gasteiger partial charge in [0.05, 0.1) is 11.1 Å². The molecule has 5 nitrogen and oxygen atoms in total. The summed E-state index contributed by atoms with van der Waals surface area (Å²) in [7, 11) is 0. The largest absolute Gasteiger partial charge is 0.345 e. The normalized spacial score (nSPS) is 18.2. The molecule has 1 atom stereocenters. The van der Waals surface area contributed by atoms with Gasteiger partial charge in [0.1, 0.15) is 0 Å². The van der Waals surface area contributed by atoms with Crippen molar-refractivity contribution < 1.29 is 4.79 Å². The van der Waals surface area contributed by atoms with Crippen LogP contribution in [0.2, 0.25) is 0 Å². The van der Waals surface area contributed by atoms with E-state index in [0.29, 0.717) is 23.6 Å². The second-order valence-electron chi connectivity index (χ2n) is 5.24. The summed E-state index contributed by atoms with van der Waals surface area (Å²) in [5.74, 6) is 0.290. The lowest BCUT2D eigenvalue weighted by molar-refractivity contribution is 0.0897. The zero-order chi connectivity index (χ0) is 13.3. The summed E-state index contributed by atoms with van der Waals surface area (Å²) >= 11 is 0. The van der Waals surface area contributed by atoms with Gasteiger partial charge in [-0.3, -0.25) is 9.59 Å². The van der Waals surface area contributed by atoms with Crippen LogP contribution in [0.5, 0.6) is 0 Å². The van der Waals surface area contributed by atoms with E-state index in [1.165, 1.54) is 12.3 Å². The summed E-state index contributed by atoms with van der Waals surface area (Å²) in [6.45, 7) is 4.15. The van der Waals surface area contributed by atoms with Crippen molar-refractivity contribution in [2.24, 2.45) is 11.7 Å². The van der Waals surface area contributed by atoms with E-state index in [-0.39, 0.29) is 17.0 Å². The molecule has 0 aromatic carbocycles. The Hall–Kier alpha value is -1.62. The van der Waals surface area contributed by atoms with Crippen LogP contribution < -0.4 is 16.6 Å². The van der Waals surface area contributed by atoms with Gasteiger partial charge in [-0.25, -0.2) is 0 Å². The second kappa shape index (κ2) is 4.57. The number of aromatic nitrogens is 1. The summed E-state index contributed by atoms with van der Waals surface area (Å²) in [5, 5.41) is 3.00. The number of nitrogens with one attached hydrogen (secondary N) is 2. The van der Waals surface area contributed by atoms with Crippen molar-refractivity contribution in [3.8, 4) is 0 Å². The van der Waals surface area contributed by atoms with Gasteiger partial charge in [0.15, 0.2) is 0 Å². The standard InChI is InChI=1S/C13H19N3O2/c1-8-5-11(17)15-6-10(8)12(18)16-13(2,7-14)9-3-4-9/h5-6,9H,3-4,7,14H2,1-2H3,(H,15,17)(H,16,18). The van der Waals surface area contributed by atoms with Crippen LogP contribution in [-0.4, -0.2) is 23.0 Å². The first kappa shape index (κ1) is 12.8. The number of pyridine rings is 1. The van der Waals surface area contributed by atoms with E-state index < -0.39 is 0 Å². The average Bonchev–Trinajstić information content (AvgIpc) is 3.12. The summed E-state index contributed by atoms with van der Waals surface area (Å²) in [6, 6.07) is 1.42. The van der Waals surface area contributed by atoms with Crippen molar-refractivity contribution >= 4 is 5.91 Å². The maximum Gasteiger partial charge on any atom is 0.253 e. The molecule has 1 aromatic heterocycles. The number of carbonyl (C=O) groups is 1. The van der Waals surface area contributed by atoms with Crippen LogP contribution >= 0.6 is 0 Å². The van der Waals surface area contributed by atoms with Gasteiger partial charge in [-0.15, -0.1) is 0 Å². The van der Waals surface area contributed by atoms with E-state index in [1.807, 2.05) is 6.92 Å². The molecule has 0 spiro atoms. The van der Waals surface area contributed by atoms with E-state index in [4.69, 9.17) is 5.73 Å². The van der Waals surface area contributed by atoms with Crippen molar-refractivity contribution in [1.29, 1.82) is 0 Å². The molecule has 0 aliphatic heterocycles. The molecule has 1 amide bonds. The lowest BCUT2D eigenvalue weighted by Crippen LogP contribution is -2.53. The maximum absolute atomic E-state index is 12.2. The number of aryl methyl sites for hydroxylation is 1. The molecule has 5 heteroatoms. The number of H-pyrrole nitrogens is 1. The quantitative estimate of drug-likeness (QED) is 0.727. The number of hydrogen-bond acceptors (Lipinski definition) is 3. The van der Waals surface area contributed by atoms with Crippen LogP contribution in [0.3, 0.4) is 0 Å². The second-order valence-corrected chi connectivity index (χ2v) is 5.24. The minimum atomic E-state index is -0.348. The van der Waals surface area contributed by atoms with Crippen molar-refractivity contribution in [2.45, 2.75) is 32.2 Å². The van der Waals surface area contributed by atoms with Gasteiger partial charge in [0.2, 0.25) is 5.56 Å². The van der Waals surface area contributed by atoms with E-state index in [1.54, 1.807) is 6.92 Å². The van der Waals surface area contributed by atoms with E-state index in [9.17, 15) is 9.59 Å². The summed E-state index contributed by atoms with van der Waals surface area (Å²) in [4.78, 5) is 25.8. The number of carbonyl (C=O) groups excluding carboxylic acids is 1. The molecule has 2 rings (SSSR count). The predicted octanol–water partition coefficient (Wildman–Crippen LogP) is 0.541. The molecule has 1 aliphatic rings. The minimum Gasteiger partial charge on any atom is -0.345 e. The molecule has 1 saturated carbocycles. The zero-order valence-electron chi connectivity index (χ0n) is 10.7. The summed E-state index contributed by atoms with van der Waals surface area (Å²) < 4.78 is 0. The first-order valence-electron chi connectivity index (χ1n) is 6.18. The predicted molar refractivity (Wildman–Crippen MR) is 69.4 cm³/mol. The molecular weight excluding hydrogens is 230 g/mol. The van der Waals surface area contributed by atoms with Crippen LogP contribution in [0.25, 0.3) is 0 Å². The number of rotatable bonds is 4. The maximum atomic E-state index is 12.2. The van der Waals surface area contributed by atoms with E-state index in [2.05, 4.69) is 10.3 Å². The fourth-order valence-electron chi connectivity index (χ4n) is 2.18. The van der Waals surface area contributed by atoms with Crippen molar-refractivity contribution in [2.75, 3.05) is 6.54 Å². The number of aromatic amines is 1.